The number of rotatable bonds is 1. The summed E-state index contributed by atoms with van der Waals surface area (Å²) in [7, 11) is 0. The molecule has 2 nitrogen and oxygen atoms in total. The first-order chi connectivity index (χ1) is 6.84. The van der Waals surface area contributed by atoms with Crippen molar-refractivity contribution in [3.63, 3.8) is 0 Å². The molecule has 2 saturated heterocycles. The van der Waals surface area contributed by atoms with Crippen LogP contribution in [0.5, 0.6) is 0 Å². The Labute approximate surface area is 85.0 Å². The molecule has 0 aromatic rings. The predicted octanol–water partition coefficient (Wildman–Crippen LogP) is 1.90. The lowest BCUT2D eigenvalue weighted by Gasteiger charge is -2.37. The molecule has 3 aliphatic rings. The average Bonchev–Trinajstić information content (AvgIpc) is 2.72. The quantitative estimate of drug-likeness (QED) is 0.590. The molecule has 2 aliphatic heterocycles. The van der Waals surface area contributed by atoms with E-state index in [-0.39, 0.29) is 0 Å². The largest absolute Gasteiger partial charge is 0.300 e. The average molecular weight is 191 g/mol. The Kier molecular flexibility index (Phi) is 1.98. The fourth-order valence-corrected chi connectivity index (χ4v) is 3.41. The van der Waals surface area contributed by atoms with Crippen LogP contribution in [0.15, 0.2) is 12.2 Å². The van der Waals surface area contributed by atoms with Gasteiger partial charge in [0.05, 0.1) is 0 Å². The number of fused-ring (bicyclic) bond motifs is 2. The molecule has 1 aliphatic carbocycles. The molecule has 3 atom stereocenters. The third-order valence-electron chi connectivity index (χ3n) is 3.97. The van der Waals surface area contributed by atoms with Gasteiger partial charge < -0.3 is 0 Å². The van der Waals surface area contributed by atoms with Crippen molar-refractivity contribution in [2.24, 2.45) is 0 Å². The molecule has 2 heteroatoms. The minimum absolute atomic E-state index is 0.496. The highest BCUT2D eigenvalue weighted by molar-refractivity contribution is 5.81. The van der Waals surface area contributed by atoms with Crippen molar-refractivity contribution in [3.05, 3.63) is 12.2 Å². The van der Waals surface area contributed by atoms with Gasteiger partial charge in [0.15, 0.2) is 0 Å². The minimum atomic E-state index is 0.496. The normalized spacial score (nSPS) is 42.3. The van der Waals surface area contributed by atoms with Crippen LogP contribution in [0, 0.1) is 0 Å². The molecule has 2 heterocycles. The minimum Gasteiger partial charge on any atom is -0.300 e. The van der Waals surface area contributed by atoms with Crippen molar-refractivity contribution in [1.29, 1.82) is 0 Å². The van der Waals surface area contributed by atoms with Gasteiger partial charge in [-0.3, -0.25) is 9.69 Å². The fraction of sp³-hybridized carbons (Fsp3) is 0.750. The van der Waals surface area contributed by atoms with E-state index < -0.39 is 0 Å². The molecule has 76 valence electrons. The van der Waals surface area contributed by atoms with Crippen molar-refractivity contribution >= 4 is 5.78 Å². The molecule has 0 aromatic heterocycles. The molecule has 0 saturated carbocycles. The highest BCUT2D eigenvalue weighted by Crippen LogP contribution is 2.37. The first-order valence-corrected chi connectivity index (χ1v) is 5.80. The number of carbonyl (C=O) groups excluding carboxylic acids is 1. The van der Waals surface area contributed by atoms with Crippen molar-refractivity contribution in [3.8, 4) is 0 Å². The van der Waals surface area contributed by atoms with Crippen LogP contribution in [-0.2, 0) is 4.79 Å². The number of allylic oxidation sites excluding steroid dienone is 1. The van der Waals surface area contributed by atoms with E-state index in [4.69, 9.17) is 0 Å². The smallest absolute Gasteiger partial charge is 0.136 e. The summed E-state index contributed by atoms with van der Waals surface area (Å²) in [5, 5.41) is 0. The number of nitrogens with zero attached hydrogens (tertiary/aromatic N) is 1. The SMILES string of the molecule is O=C1CC2CCC(C1)N2C1C=CCC1. The first-order valence-electron chi connectivity index (χ1n) is 5.80. The van der Waals surface area contributed by atoms with E-state index in [1.807, 2.05) is 0 Å². The highest BCUT2D eigenvalue weighted by atomic mass is 16.1. The van der Waals surface area contributed by atoms with Gasteiger partial charge in [0, 0.05) is 31.0 Å². The molecule has 3 rings (SSSR count). The number of Topliss-reactive ketones (excluding diaryl/α,β-unsaturated/α-hetero) is 1. The van der Waals surface area contributed by atoms with Gasteiger partial charge in [-0.25, -0.2) is 0 Å². The zero-order valence-electron chi connectivity index (χ0n) is 8.48. The number of hydrogen-bond acceptors (Lipinski definition) is 2. The standard InChI is InChI=1S/C12H17NO/c14-12-7-10-5-6-11(8-12)13(10)9-3-1-2-4-9/h1,3,9-11H,2,4-8H2. The van der Waals surface area contributed by atoms with Crippen LogP contribution in [0.3, 0.4) is 0 Å². The topological polar surface area (TPSA) is 20.3 Å². The third-order valence-corrected chi connectivity index (χ3v) is 3.97. The number of hydrogen-bond donors (Lipinski definition) is 0. The molecule has 3 unspecified atom stereocenters. The summed E-state index contributed by atoms with van der Waals surface area (Å²) in [5.74, 6) is 0.496. The van der Waals surface area contributed by atoms with E-state index in [2.05, 4.69) is 17.1 Å². The summed E-state index contributed by atoms with van der Waals surface area (Å²) >= 11 is 0. The van der Waals surface area contributed by atoms with Gasteiger partial charge >= 0.3 is 0 Å². The van der Waals surface area contributed by atoms with E-state index in [1.54, 1.807) is 0 Å². The fourth-order valence-electron chi connectivity index (χ4n) is 3.41. The Morgan fingerprint density at radius 1 is 1.14 bits per heavy atom. The van der Waals surface area contributed by atoms with Crippen LogP contribution in [-0.4, -0.2) is 28.8 Å². The summed E-state index contributed by atoms with van der Waals surface area (Å²) in [6.45, 7) is 0. The van der Waals surface area contributed by atoms with Crippen molar-refractivity contribution in [2.45, 2.75) is 56.7 Å². The van der Waals surface area contributed by atoms with Gasteiger partial charge in [-0.2, -0.15) is 0 Å². The van der Waals surface area contributed by atoms with Gasteiger partial charge in [-0.15, -0.1) is 0 Å². The van der Waals surface area contributed by atoms with E-state index >= 15 is 0 Å². The highest BCUT2D eigenvalue weighted by Gasteiger charge is 2.42. The Morgan fingerprint density at radius 3 is 2.43 bits per heavy atom. The van der Waals surface area contributed by atoms with E-state index in [1.165, 1.54) is 25.7 Å². The Hall–Kier alpha value is -0.630. The van der Waals surface area contributed by atoms with Crippen LogP contribution in [0.2, 0.25) is 0 Å². The molecular weight excluding hydrogens is 174 g/mol. The van der Waals surface area contributed by atoms with Gasteiger partial charge in [0.1, 0.15) is 5.78 Å². The molecule has 14 heavy (non-hydrogen) atoms. The second kappa shape index (κ2) is 3.20. The maximum atomic E-state index is 11.4. The van der Waals surface area contributed by atoms with Gasteiger partial charge in [0.2, 0.25) is 0 Å². The van der Waals surface area contributed by atoms with Gasteiger partial charge in [-0.05, 0) is 25.7 Å². The van der Waals surface area contributed by atoms with Crippen LogP contribution in [0.1, 0.15) is 38.5 Å². The molecule has 2 fully saturated rings. The van der Waals surface area contributed by atoms with Crippen molar-refractivity contribution < 1.29 is 4.79 Å². The third kappa shape index (κ3) is 1.24. The number of carbonyl (C=O) groups is 1. The molecule has 0 N–H and O–H groups in total. The van der Waals surface area contributed by atoms with Gasteiger partial charge in [0.25, 0.3) is 0 Å². The van der Waals surface area contributed by atoms with Crippen LogP contribution < -0.4 is 0 Å². The summed E-state index contributed by atoms with van der Waals surface area (Å²) in [4.78, 5) is 14.1. The molecule has 0 radical (unpaired) electrons. The number of piperidine rings is 1. The maximum Gasteiger partial charge on any atom is 0.136 e. The predicted molar refractivity (Wildman–Crippen MR) is 55.1 cm³/mol. The summed E-state index contributed by atoms with van der Waals surface area (Å²) in [6.07, 6.45) is 11.3. The van der Waals surface area contributed by atoms with Crippen molar-refractivity contribution in [2.75, 3.05) is 0 Å². The molecular formula is C12H17NO. The van der Waals surface area contributed by atoms with Crippen LogP contribution in [0.25, 0.3) is 0 Å². The summed E-state index contributed by atoms with van der Waals surface area (Å²) in [5.41, 5.74) is 0. The Balaban J connectivity index is 1.80. The molecule has 2 bridgehead atoms. The number of ketones is 1. The van der Waals surface area contributed by atoms with Gasteiger partial charge in [-0.1, -0.05) is 12.2 Å². The summed E-state index contributed by atoms with van der Waals surface area (Å²) in [6, 6.07) is 1.81. The lowest BCUT2D eigenvalue weighted by atomic mass is 9.99. The summed E-state index contributed by atoms with van der Waals surface area (Å²) < 4.78 is 0. The van der Waals surface area contributed by atoms with E-state index in [0.717, 1.165) is 12.8 Å². The second-order valence-corrected chi connectivity index (χ2v) is 4.85. The van der Waals surface area contributed by atoms with Crippen LogP contribution in [0.4, 0.5) is 0 Å². The zero-order valence-corrected chi connectivity index (χ0v) is 8.48. The Morgan fingerprint density at radius 2 is 1.86 bits per heavy atom. The van der Waals surface area contributed by atoms with E-state index in [0.29, 0.717) is 23.9 Å². The second-order valence-electron chi connectivity index (χ2n) is 4.85. The van der Waals surface area contributed by atoms with E-state index in [9.17, 15) is 4.79 Å². The Bertz CT molecular complexity index is 268. The molecule has 0 amide bonds. The lowest BCUT2D eigenvalue weighted by Crippen LogP contribution is -2.47. The maximum absolute atomic E-state index is 11.4. The monoisotopic (exact) mass is 191 g/mol. The first kappa shape index (κ1) is 8.66. The lowest BCUT2D eigenvalue weighted by molar-refractivity contribution is -0.124. The van der Waals surface area contributed by atoms with Crippen molar-refractivity contribution in [1.82, 2.24) is 4.90 Å². The molecule has 0 aromatic carbocycles. The van der Waals surface area contributed by atoms with Crippen LogP contribution >= 0.6 is 0 Å². The zero-order chi connectivity index (χ0) is 9.54. The molecule has 0 spiro atoms.